The third-order valence-corrected chi connectivity index (χ3v) is 3.67. The molecular formula is C18H28N2O5. The molecule has 0 bridgehead atoms. The number of carbonyl (C=O) groups excluding carboxylic acids is 2. The minimum absolute atomic E-state index is 0.103. The second-order valence-electron chi connectivity index (χ2n) is 6.03. The summed E-state index contributed by atoms with van der Waals surface area (Å²) >= 11 is 0. The van der Waals surface area contributed by atoms with E-state index in [4.69, 9.17) is 14.2 Å². The Balaban J connectivity index is 2.68. The molecule has 0 saturated heterocycles. The zero-order chi connectivity index (χ0) is 18.8. The molecule has 0 N–H and O–H groups in total. The molecule has 1 aromatic carbocycles. The zero-order valence-electron chi connectivity index (χ0n) is 15.7. The van der Waals surface area contributed by atoms with Crippen molar-refractivity contribution in [1.29, 1.82) is 0 Å². The maximum absolute atomic E-state index is 12.5. The Kier molecular flexibility index (Phi) is 8.77. The third-order valence-electron chi connectivity index (χ3n) is 3.67. The molecule has 1 atom stereocenters. The van der Waals surface area contributed by atoms with Crippen molar-refractivity contribution in [1.82, 2.24) is 9.80 Å². The number of methoxy groups -OCH3 is 2. The van der Waals surface area contributed by atoms with E-state index in [1.165, 1.54) is 7.11 Å². The van der Waals surface area contributed by atoms with E-state index in [0.717, 1.165) is 0 Å². The van der Waals surface area contributed by atoms with Crippen LogP contribution in [0.1, 0.15) is 6.92 Å². The molecule has 0 saturated carbocycles. The normalized spacial score (nSPS) is 11.8. The first-order valence-electron chi connectivity index (χ1n) is 8.14. The van der Waals surface area contributed by atoms with Gasteiger partial charge in [-0.25, -0.2) is 0 Å². The molecule has 0 aliphatic heterocycles. The van der Waals surface area contributed by atoms with Crippen molar-refractivity contribution in [3.05, 3.63) is 24.3 Å². The number of hydrogen-bond donors (Lipinski definition) is 0. The Morgan fingerprint density at radius 1 is 1.12 bits per heavy atom. The van der Waals surface area contributed by atoms with Gasteiger partial charge in [-0.1, -0.05) is 13.0 Å². The highest BCUT2D eigenvalue weighted by Gasteiger charge is 2.22. The molecule has 0 radical (unpaired) electrons. The first kappa shape index (κ1) is 20.8. The van der Waals surface area contributed by atoms with Crippen molar-refractivity contribution in [2.45, 2.75) is 6.92 Å². The van der Waals surface area contributed by atoms with Crippen LogP contribution in [0.15, 0.2) is 24.3 Å². The number of ether oxygens (including phenoxy) is 3. The maximum atomic E-state index is 12.5. The summed E-state index contributed by atoms with van der Waals surface area (Å²) in [6.45, 7) is 3.13. The molecule has 1 rings (SSSR count). The molecule has 1 amide bonds. The van der Waals surface area contributed by atoms with Crippen molar-refractivity contribution >= 4 is 11.9 Å². The molecule has 0 fully saturated rings. The maximum Gasteiger partial charge on any atom is 0.310 e. The number of esters is 1. The summed E-state index contributed by atoms with van der Waals surface area (Å²) < 4.78 is 15.4. The van der Waals surface area contributed by atoms with Crippen LogP contribution >= 0.6 is 0 Å². The Labute approximate surface area is 149 Å². The monoisotopic (exact) mass is 352 g/mol. The van der Waals surface area contributed by atoms with Gasteiger partial charge in [-0.05, 0) is 26.2 Å². The third kappa shape index (κ3) is 7.43. The predicted molar refractivity (Wildman–Crippen MR) is 94.8 cm³/mol. The van der Waals surface area contributed by atoms with E-state index >= 15 is 0 Å². The van der Waals surface area contributed by atoms with E-state index in [2.05, 4.69) is 0 Å². The number of nitrogens with zero attached hydrogens (tertiary/aromatic N) is 2. The number of carbonyl (C=O) groups is 2. The highest BCUT2D eigenvalue weighted by molar-refractivity contribution is 5.79. The van der Waals surface area contributed by atoms with E-state index in [1.807, 2.05) is 19.0 Å². The highest BCUT2D eigenvalue weighted by Crippen LogP contribution is 2.18. The second-order valence-corrected chi connectivity index (χ2v) is 6.03. The molecule has 0 aliphatic rings. The van der Waals surface area contributed by atoms with Crippen molar-refractivity contribution < 1.29 is 23.8 Å². The summed E-state index contributed by atoms with van der Waals surface area (Å²) in [5, 5.41) is 0. The lowest BCUT2D eigenvalue weighted by atomic mass is 10.1. The van der Waals surface area contributed by atoms with Crippen LogP contribution in [0.2, 0.25) is 0 Å². The minimum atomic E-state index is -0.395. The summed E-state index contributed by atoms with van der Waals surface area (Å²) in [6, 6.07) is 7.07. The molecule has 0 heterocycles. The molecule has 0 spiro atoms. The smallest absolute Gasteiger partial charge is 0.310 e. The van der Waals surface area contributed by atoms with Gasteiger partial charge in [0.1, 0.15) is 11.5 Å². The van der Waals surface area contributed by atoms with Gasteiger partial charge in [0.25, 0.3) is 5.91 Å². The molecule has 0 aromatic heterocycles. The van der Waals surface area contributed by atoms with Gasteiger partial charge in [-0.3, -0.25) is 9.59 Å². The molecule has 7 nitrogen and oxygen atoms in total. The number of hydrogen-bond acceptors (Lipinski definition) is 6. The number of likely N-dealkylation sites (N-methyl/N-ethyl adjacent to an activating group) is 1. The predicted octanol–water partition coefficient (Wildman–Crippen LogP) is 1.27. The van der Waals surface area contributed by atoms with Crippen LogP contribution in [-0.2, 0) is 14.3 Å². The first-order valence-corrected chi connectivity index (χ1v) is 8.14. The molecule has 7 heteroatoms. The fourth-order valence-corrected chi connectivity index (χ4v) is 2.17. The zero-order valence-corrected chi connectivity index (χ0v) is 15.7. The topological polar surface area (TPSA) is 68.3 Å². The van der Waals surface area contributed by atoms with E-state index in [0.29, 0.717) is 31.1 Å². The van der Waals surface area contributed by atoms with Gasteiger partial charge in [0, 0.05) is 25.7 Å². The molecule has 25 heavy (non-hydrogen) atoms. The van der Waals surface area contributed by atoms with E-state index in [1.54, 1.807) is 43.2 Å². The standard InChI is InChI=1S/C18H28N2O5/c1-14(18(22)24-5)12-20(10-9-19(2)3)17(21)13-25-16-8-6-7-15(11-16)23-4/h6-8,11,14H,9-10,12-13H2,1-5H3. The van der Waals surface area contributed by atoms with Crippen LogP contribution in [0.5, 0.6) is 11.5 Å². The Morgan fingerprint density at radius 2 is 1.80 bits per heavy atom. The molecular weight excluding hydrogens is 324 g/mol. The van der Waals surface area contributed by atoms with Crippen LogP contribution in [0.25, 0.3) is 0 Å². The van der Waals surface area contributed by atoms with Crippen LogP contribution < -0.4 is 9.47 Å². The van der Waals surface area contributed by atoms with Gasteiger partial charge < -0.3 is 24.0 Å². The highest BCUT2D eigenvalue weighted by atomic mass is 16.5. The largest absolute Gasteiger partial charge is 0.497 e. The number of rotatable bonds is 10. The Bertz CT molecular complexity index is 562. The van der Waals surface area contributed by atoms with Crippen LogP contribution in [0.3, 0.4) is 0 Å². The lowest BCUT2D eigenvalue weighted by molar-refractivity contribution is -0.146. The average Bonchev–Trinajstić information content (AvgIpc) is 2.62. The lowest BCUT2D eigenvalue weighted by Gasteiger charge is -2.26. The van der Waals surface area contributed by atoms with Crippen LogP contribution in [-0.4, -0.2) is 76.2 Å². The lowest BCUT2D eigenvalue weighted by Crippen LogP contribution is -2.43. The Hall–Kier alpha value is -2.28. The fourth-order valence-electron chi connectivity index (χ4n) is 2.17. The average molecular weight is 352 g/mol. The summed E-state index contributed by atoms with van der Waals surface area (Å²) in [4.78, 5) is 27.8. The number of amides is 1. The van der Waals surface area contributed by atoms with Gasteiger partial charge in [0.05, 0.1) is 20.1 Å². The van der Waals surface area contributed by atoms with Crippen molar-refractivity contribution in [3.8, 4) is 11.5 Å². The van der Waals surface area contributed by atoms with Gasteiger partial charge in [-0.2, -0.15) is 0 Å². The molecule has 1 unspecified atom stereocenters. The van der Waals surface area contributed by atoms with Gasteiger partial charge in [-0.15, -0.1) is 0 Å². The van der Waals surface area contributed by atoms with Crippen LogP contribution in [0, 0.1) is 5.92 Å². The quantitative estimate of drug-likeness (QED) is 0.591. The summed E-state index contributed by atoms with van der Waals surface area (Å²) in [7, 11) is 6.77. The van der Waals surface area contributed by atoms with Crippen molar-refractivity contribution in [3.63, 3.8) is 0 Å². The van der Waals surface area contributed by atoms with Gasteiger partial charge in [0.15, 0.2) is 6.61 Å². The van der Waals surface area contributed by atoms with E-state index in [9.17, 15) is 9.59 Å². The van der Waals surface area contributed by atoms with Gasteiger partial charge in [0.2, 0.25) is 0 Å². The molecule has 1 aromatic rings. The molecule has 140 valence electrons. The molecule has 0 aliphatic carbocycles. The van der Waals surface area contributed by atoms with Gasteiger partial charge >= 0.3 is 5.97 Å². The summed E-state index contributed by atoms with van der Waals surface area (Å²) in [5.41, 5.74) is 0. The summed E-state index contributed by atoms with van der Waals surface area (Å²) in [5.74, 6) is 0.305. The van der Waals surface area contributed by atoms with E-state index in [-0.39, 0.29) is 18.5 Å². The van der Waals surface area contributed by atoms with Crippen molar-refractivity contribution in [2.24, 2.45) is 5.92 Å². The van der Waals surface area contributed by atoms with Crippen LogP contribution in [0.4, 0.5) is 0 Å². The summed E-state index contributed by atoms with van der Waals surface area (Å²) in [6.07, 6.45) is 0. The number of benzene rings is 1. The Morgan fingerprint density at radius 3 is 2.40 bits per heavy atom. The minimum Gasteiger partial charge on any atom is -0.497 e. The SMILES string of the molecule is COC(=O)C(C)CN(CCN(C)C)C(=O)COc1cccc(OC)c1. The van der Waals surface area contributed by atoms with E-state index < -0.39 is 5.92 Å². The fraction of sp³-hybridized carbons (Fsp3) is 0.556. The van der Waals surface area contributed by atoms with Crippen molar-refractivity contribution in [2.75, 3.05) is 54.6 Å². The second kappa shape index (κ2) is 10.6. The first-order chi connectivity index (χ1) is 11.9.